The summed E-state index contributed by atoms with van der Waals surface area (Å²) in [4.78, 5) is 21.7. The highest BCUT2D eigenvalue weighted by Crippen LogP contribution is 2.46. The van der Waals surface area contributed by atoms with Crippen LogP contribution in [0.25, 0.3) is 10.2 Å². The van der Waals surface area contributed by atoms with Gasteiger partial charge in [-0.1, -0.05) is 53.0 Å². The number of carbonyl (C=O) groups excluding carboxylic acids is 1. The van der Waals surface area contributed by atoms with Gasteiger partial charge in [0.05, 0.1) is 38.6 Å². The number of hydrogen-bond acceptors (Lipinski definition) is 6. The third kappa shape index (κ3) is 4.02. The first kappa shape index (κ1) is 21.6. The van der Waals surface area contributed by atoms with E-state index in [0.29, 0.717) is 27.5 Å². The summed E-state index contributed by atoms with van der Waals surface area (Å²) >= 11 is 20.4. The number of anilines is 3. The van der Waals surface area contributed by atoms with Crippen LogP contribution in [0.1, 0.15) is 15.9 Å². The highest BCUT2D eigenvalue weighted by molar-refractivity contribution is 7.18. The summed E-state index contributed by atoms with van der Waals surface area (Å²) in [6, 6.07) is 9.62. The molecule has 0 saturated heterocycles. The second kappa shape index (κ2) is 8.88. The number of aromatic nitrogens is 2. The van der Waals surface area contributed by atoms with Gasteiger partial charge in [-0.2, -0.15) is 0 Å². The molecule has 10 heteroatoms. The third-order valence-corrected chi connectivity index (χ3v) is 6.84. The van der Waals surface area contributed by atoms with Gasteiger partial charge in [0.1, 0.15) is 11.3 Å². The minimum atomic E-state index is -0.414. The molecule has 0 aliphatic heterocycles. The Kier molecular flexibility index (Phi) is 6.20. The van der Waals surface area contributed by atoms with Crippen molar-refractivity contribution in [2.45, 2.75) is 6.92 Å². The number of benzene rings is 2. The third-order valence-electron chi connectivity index (χ3n) is 4.57. The normalized spacial score (nSPS) is 10.9. The van der Waals surface area contributed by atoms with E-state index >= 15 is 0 Å². The summed E-state index contributed by atoms with van der Waals surface area (Å²) in [5, 5.41) is 8.39. The molecular weight excluding hydrogens is 479 g/mol. The van der Waals surface area contributed by atoms with Gasteiger partial charge in [0.15, 0.2) is 11.6 Å². The SMILES string of the molecule is COc1c(Cl)c(C)c(Cl)c(NC(=O)c2csc3c(Nc4ccccc4)ncnc23)c1Cl. The number of ether oxygens (including phenoxy) is 1. The van der Waals surface area contributed by atoms with E-state index in [1.54, 1.807) is 12.3 Å². The van der Waals surface area contributed by atoms with Gasteiger partial charge in [-0.3, -0.25) is 4.79 Å². The number of amides is 1. The Labute approximate surface area is 197 Å². The fraction of sp³-hybridized carbons (Fsp3) is 0.0952. The molecule has 6 nitrogen and oxygen atoms in total. The second-order valence-corrected chi connectivity index (χ2v) is 8.48. The maximum Gasteiger partial charge on any atom is 0.258 e. The summed E-state index contributed by atoms with van der Waals surface area (Å²) in [6.45, 7) is 1.72. The van der Waals surface area contributed by atoms with Gasteiger partial charge < -0.3 is 15.4 Å². The van der Waals surface area contributed by atoms with Crippen LogP contribution in [0.4, 0.5) is 17.2 Å². The Morgan fingerprint density at radius 1 is 1.06 bits per heavy atom. The largest absolute Gasteiger partial charge is 0.494 e. The minimum absolute atomic E-state index is 0.122. The average Bonchev–Trinajstić information content (AvgIpc) is 3.22. The van der Waals surface area contributed by atoms with Crippen LogP contribution in [-0.2, 0) is 0 Å². The highest BCUT2D eigenvalue weighted by Gasteiger charge is 2.23. The smallest absolute Gasteiger partial charge is 0.258 e. The van der Waals surface area contributed by atoms with Crippen molar-refractivity contribution in [3.05, 3.63) is 68.2 Å². The average molecular weight is 494 g/mol. The number of methoxy groups -OCH3 is 1. The van der Waals surface area contributed by atoms with Crippen molar-refractivity contribution in [1.82, 2.24) is 9.97 Å². The van der Waals surface area contributed by atoms with Gasteiger partial charge in [0, 0.05) is 11.1 Å². The van der Waals surface area contributed by atoms with E-state index in [-0.39, 0.29) is 21.5 Å². The number of hydrogen-bond donors (Lipinski definition) is 2. The standard InChI is InChI=1S/C21H15Cl3N4O2S/c1-10-13(22)17(15(24)18(30-2)14(10)23)28-21(29)12-8-31-19-16(12)25-9-26-20(19)27-11-6-4-3-5-7-11/h3-9H,1-2H3,(H,28,29)(H,25,26,27). The molecule has 1 amide bonds. The lowest BCUT2D eigenvalue weighted by molar-refractivity contribution is 0.102. The van der Waals surface area contributed by atoms with E-state index in [1.165, 1.54) is 24.8 Å². The number of nitrogens with one attached hydrogen (secondary N) is 2. The lowest BCUT2D eigenvalue weighted by atomic mass is 10.2. The van der Waals surface area contributed by atoms with E-state index < -0.39 is 5.91 Å². The molecule has 2 aromatic carbocycles. The molecule has 0 saturated carbocycles. The van der Waals surface area contributed by atoms with Crippen molar-refractivity contribution in [3.8, 4) is 5.75 Å². The van der Waals surface area contributed by atoms with Crippen LogP contribution < -0.4 is 15.4 Å². The van der Waals surface area contributed by atoms with Crippen LogP contribution in [0.15, 0.2) is 42.0 Å². The molecule has 31 heavy (non-hydrogen) atoms. The number of rotatable bonds is 5. The molecule has 0 aliphatic rings. The molecule has 0 unspecified atom stereocenters. The van der Waals surface area contributed by atoms with Crippen LogP contribution >= 0.6 is 46.1 Å². The molecule has 0 spiro atoms. The van der Waals surface area contributed by atoms with Crippen LogP contribution in [0.3, 0.4) is 0 Å². The lowest BCUT2D eigenvalue weighted by Gasteiger charge is -2.16. The molecular formula is C21H15Cl3N4O2S. The predicted octanol–water partition coefficient (Wildman–Crippen LogP) is 6.96. The van der Waals surface area contributed by atoms with Crippen molar-refractivity contribution in [2.24, 2.45) is 0 Å². The number of thiophene rings is 1. The zero-order chi connectivity index (χ0) is 22.1. The molecule has 0 aliphatic carbocycles. The van der Waals surface area contributed by atoms with Gasteiger partial charge >= 0.3 is 0 Å². The molecule has 4 rings (SSSR count). The Morgan fingerprint density at radius 3 is 2.52 bits per heavy atom. The minimum Gasteiger partial charge on any atom is -0.494 e. The molecule has 4 aromatic rings. The first-order chi connectivity index (χ1) is 14.9. The quantitative estimate of drug-likeness (QED) is 0.314. The molecule has 0 radical (unpaired) electrons. The second-order valence-electron chi connectivity index (χ2n) is 6.47. The molecule has 2 heterocycles. The zero-order valence-electron chi connectivity index (χ0n) is 16.3. The number of carbonyl (C=O) groups is 1. The zero-order valence-corrected chi connectivity index (χ0v) is 19.4. The van der Waals surface area contributed by atoms with E-state index in [4.69, 9.17) is 39.5 Å². The van der Waals surface area contributed by atoms with Crippen molar-refractivity contribution >= 4 is 79.5 Å². The maximum atomic E-state index is 13.1. The Bertz CT molecular complexity index is 1300. The Hall–Kier alpha value is -2.58. The summed E-state index contributed by atoms with van der Waals surface area (Å²) in [6.07, 6.45) is 1.41. The Morgan fingerprint density at radius 2 is 1.81 bits per heavy atom. The summed E-state index contributed by atoms with van der Waals surface area (Å²) in [7, 11) is 1.44. The van der Waals surface area contributed by atoms with Gasteiger partial charge in [-0.05, 0) is 24.6 Å². The van der Waals surface area contributed by atoms with E-state index in [0.717, 1.165) is 10.4 Å². The lowest BCUT2D eigenvalue weighted by Crippen LogP contribution is -2.13. The van der Waals surface area contributed by atoms with E-state index in [2.05, 4.69) is 20.6 Å². The summed E-state index contributed by atoms with van der Waals surface area (Å²) in [5.74, 6) is 0.441. The van der Waals surface area contributed by atoms with Crippen LogP contribution in [0.2, 0.25) is 15.1 Å². The number of halogens is 3. The number of nitrogens with zero attached hydrogens (tertiary/aromatic N) is 2. The van der Waals surface area contributed by atoms with Crippen molar-refractivity contribution in [1.29, 1.82) is 0 Å². The number of fused-ring (bicyclic) bond motifs is 1. The fourth-order valence-corrected chi connectivity index (χ4v) is 4.89. The maximum absolute atomic E-state index is 13.1. The first-order valence-electron chi connectivity index (χ1n) is 8.99. The molecule has 158 valence electrons. The molecule has 2 N–H and O–H groups in total. The first-order valence-corrected chi connectivity index (χ1v) is 11.0. The van der Waals surface area contributed by atoms with E-state index in [1.807, 2.05) is 30.3 Å². The van der Waals surface area contributed by atoms with Crippen molar-refractivity contribution in [3.63, 3.8) is 0 Å². The van der Waals surface area contributed by atoms with Gasteiger partial charge in [-0.15, -0.1) is 11.3 Å². The predicted molar refractivity (Wildman–Crippen MR) is 128 cm³/mol. The summed E-state index contributed by atoms with van der Waals surface area (Å²) in [5.41, 5.74) is 2.54. The highest BCUT2D eigenvalue weighted by atomic mass is 35.5. The van der Waals surface area contributed by atoms with Crippen molar-refractivity contribution < 1.29 is 9.53 Å². The molecule has 0 atom stereocenters. The summed E-state index contributed by atoms with van der Waals surface area (Å²) < 4.78 is 6.02. The van der Waals surface area contributed by atoms with E-state index in [9.17, 15) is 4.79 Å². The van der Waals surface area contributed by atoms with Crippen LogP contribution in [0.5, 0.6) is 5.75 Å². The topological polar surface area (TPSA) is 76.1 Å². The molecule has 2 aromatic heterocycles. The fourth-order valence-electron chi connectivity index (χ4n) is 2.99. The number of para-hydroxylation sites is 1. The van der Waals surface area contributed by atoms with Gasteiger partial charge in [0.25, 0.3) is 5.91 Å². The molecule has 0 bridgehead atoms. The van der Waals surface area contributed by atoms with Crippen molar-refractivity contribution in [2.75, 3.05) is 17.7 Å². The Balaban J connectivity index is 1.70. The van der Waals surface area contributed by atoms with Gasteiger partial charge in [-0.25, -0.2) is 9.97 Å². The molecule has 0 fully saturated rings. The van der Waals surface area contributed by atoms with Crippen LogP contribution in [0, 0.1) is 6.92 Å². The van der Waals surface area contributed by atoms with Crippen LogP contribution in [-0.4, -0.2) is 23.0 Å². The monoisotopic (exact) mass is 492 g/mol. The van der Waals surface area contributed by atoms with Gasteiger partial charge in [0.2, 0.25) is 0 Å².